The lowest BCUT2D eigenvalue weighted by atomic mass is 9.96. The number of rotatable bonds is 7. The summed E-state index contributed by atoms with van der Waals surface area (Å²) >= 11 is 0. The summed E-state index contributed by atoms with van der Waals surface area (Å²) in [6, 6.07) is 1.99. The summed E-state index contributed by atoms with van der Waals surface area (Å²) in [4.78, 5) is 9.23. The van der Waals surface area contributed by atoms with Crippen LogP contribution >= 0.6 is 0 Å². The molecule has 0 fully saturated rings. The number of nitrogens with zero attached hydrogens (tertiary/aromatic N) is 2. The summed E-state index contributed by atoms with van der Waals surface area (Å²) in [5.41, 5.74) is -0.0419. The normalized spacial score (nSPS) is 11.8. The van der Waals surface area contributed by atoms with Gasteiger partial charge in [-0.3, -0.25) is 0 Å². The van der Waals surface area contributed by atoms with Crippen molar-refractivity contribution in [3.8, 4) is 0 Å². The summed E-state index contributed by atoms with van der Waals surface area (Å²) in [5, 5.41) is 6.70. The minimum atomic E-state index is -0.0419. The van der Waals surface area contributed by atoms with Crippen molar-refractivity contribution in [2.24, 2.45) is 5.92 Å². The van der Waals surface area contributed by atoms with Gasteiger partial charge in [0.2, 0.25) is 0 Å². The van der Waals surface area contributed by atoms with Crippen molar-refractivity contribution in [1.29, 1.82) is 0 Å². The molecule has 0 saturated heterocycles. The van der Waals surface area contributed by atoms with E-state index in [1.807, 2.05) is 6.07 Å². The molecule has 0 aromatic carbocycles. The van der Waals surface area contributed by atoms with Crippen molar-refractivity contribution >= 4 is 11.6 Å². The molecule has 0 bridgehead atoms. The molecular weight excluding hydrogens is 248 g/mol. The maximum absolute atomic E-state index is 4.64. The van der Waals surface area contributed by atoms with Crippen LogP contribution in [0.1, 0.15) is 60.2 Å². The van der Waals surface area contributed by atoms with Crippen molar-refractivity contribution in [3.63, 3.8) is 0 Å². The third-order valence-electron chi connectivity index (χ3n) is 3.02. The van der Waals surface area contributed by atoms with Gasteiger partial charge < -0.3 is 10.6 Å². The summed E-state index contributed by atoms with van der Waals surface area (Å²) in [5.74, 6) is 3.45. The van der Waals surface area contributed by atoms with Gasteiger partial charge in [0.15, 0.2) is 0 Å². The molecule has 1 aromatic heterocycles. The molecule has 0 aliphatic heterocycles. The van der Waals surface area contributed by atoms with Gasteiger partial charge in [-0.2, -0.15) is 0 Å². The van der Waals surface area contributed by atoms with Crippen LogP contribution < -0.4 is 10.6 Å². The monoisotopic (exact) mass is 278 g/mol. The Hall–Kier alpha value is -1.32. The van der Waals surface area contributed by atoms with Gasteiger partial charge in [-0.15, -0.1) is 0 Å². The molecule has 4 heteroatoms. The minimum absolute atomic E-state index is 0.0419. The lowest BCUT2D eigenvalue weighted by Gasteiger charge is -2.19. The van der Waals surface area contributed by atoms with Crippen molar-refractivity contribution in [2.45, 2.75) is 59.8 Å². The molecule has 2 N–H and O–H groups in total. The number of nitrogens with one attached hydrogen (secondary N) is 2. The molecule has 0 saturated carbocycles. The van der Waals surface area contributed by atoms with Gasteiger partial charge in [0.25, 0.3) is 0 Å². The van der Waals surface area contributed by atoms with Crippen LogP contribution in [0.2, 0.25) is 0 Å². The fourth-order valence-electron chi connectivity index (χ4n) is 1.87. The summed E-state index contributed by atoms with van der Waals surface area (Å²) in [7, 11) is 0. The van der Waals surface area contributed by atoms with Crippen molar-refractivity contribution < 1.29 is 0 Å². The zero-order valence-corrected chi connectivity index (χ0v) is 13.9. The Morgan fingerprint density at radius 2 is 1.70 bits per heavy atom. The Bertz CT molecular complexity index is 407. The van der Waals surface area contributed by atoms with Crippen molar-refractivity contribution in [1.82, 2.24) is 9.97 Å². The molecule has 0 atom stereocenters. The first-order chi connectivity index (χ1) is 9.32. The predicted octanol–water partition coefficient (Wildman–Crippen LogP) is 4.05. The maximum Gasteiger partial charge on any atom is 0.138 e. The largest absolute Gasteiger partial charge is 0.370 e. The Morgan fingerprint density at radius 3 is 2.20 bits per heavy atom. The van der Waals surface area contributed by atoms with Crippen LogP contribution in [-0.2, 0) is 5.41 Å². The first-order valence-electron chi connectivity index (χ1n) is 7.70. The lowest BCUT2D eigenvalue weighted by Crippen LogP contribution is -2.19. The van der Waals surface area contributed by atoms with Gasteiger partial charge >= 0.3 is 0 Å². The zero-order chi connectivity index (χ0) is 15.2. The van der Waals surface area contributed by atoms with E-state index >= 15 is 0 Å². The van der Waals surface area contributed by atoms with E-state index in [9.17, 15) is 0 Å². The van der Waals surface area contributed by atoms with Gasteiger partial charge in [-0.05, 0) is 25.7 Å². The minimum Gasteiger partial charge on any atom is -0.370 e. The van der Waals surface area contributed by atoms with E-state index in [4.69, 9.17) is 0 Å². The number of anilines is 2. The second-order valence-electron chi connectivity index (χ2n) is 6.71. The molecule has 114 valence electrons. The van der Waals surface area contributed by atoms with E-state index < -0.39 is 0 Å². The van der Waals surface area contributed by atoms with Gasteiger partial charge in [0, 0.05) is 24.6 Å². The second-order valence-corrected chi connectivity index (χ2v) is 6.71. The third-order valence-corrected chi connectivity index (χ3v) is 3.02. The van der Waals surface area contributed by atoms with E-state index in [1.54, 1.807) is 0 Å². The van der Waals surface area contributed by atoms with E-state index in [0.29, 0.717) is 0 Å². The van der Waals surface area contributed by atoms with E-state index in [1.165, 1.54) is 12.8 Å². The highest BCUT2D eigenvalue weighted by Gasteiger charge is 2.19. The van der Waals surface area contributed by atoms with Gasteiger partial charge in [-0.25, -0.2) is 9.97 Å². The summed E-state index contributed by atoms with van der Waals surface area (Å²) in [6.07, 6.45) is 2.41. The molecule has 0 aliphatic carbocycles. The fourth-order valence-corrected chi connectivity index (χ4v) is 1.87. The smallest absolute Gasteiger partial charge is 0.138 e. The van der Waals surface area contributed by atoms with Crippen molar-refractivity contribution in [2.75, 3.05) is 23.7 Å². The molecule has 0 unspecified atom stereocenters. The molecule has 1 heterocycles. The first kappa shape index (κ1) is 16.7. The average molecular weight is 278 g/mol. The standard InChI is InChI=1S/C16H30N4/c1-7-17-13-11-14(18-10-8-9-12(2)3)20-15(19-13)16(4,5)6/h11-12H,7-10H2,1-6H3,(H2,17,18,19,20). The third kappa shape index (κ3) is 5.76. The highest BCUT2D eigenvalue weighted by atomic mass is 15.1. The highest BCUT2D eigenvalue weighted by molar-refractivity contribution is 5.48. The maximum atomic E-state index is 4.64. The average Bonchev–Trinajstić information content (AvgIpc) is 2.33. The Kier molecular flexibility index (Phi) is 6.24. The first-order valence-corrected chi connectivity index (χ1v) is 7.70. The van der Waals surface area contributed by atoms with Gasteiger partial charge in [0.05, 0.1) is 0 Å². The van der Waals surface area contributed by atoms with Crippen molar-refractivity contribution in [3.05, 3.63) is 11.9 Å². The molecule has 0 aliphatic rings. The molecule has 0 spiro atoms. The molecule has 0 amide bonds. The number of hydrogen-bond donors (Lipinski definition) is 2. The zero-order valence-electron chi connectivity index (χ0n) is 13.9. The molecule has 0 radical (unpaired) electrons. The van der Waals surface area contributed by atoms with Crippen LogP contribution in [0.5, 0.6) is 0 Å². The predicted molar refractivity (Wildman–Crippen MR) is 87.5 cm³/mol. The Labute approximate surface area is 123 Å². The summed E-state index contributed by atoms with van der Waals surface area (Å²) < 4.78 is 0. The lowest BCUT2D eigenvalue weighted by molar-refractivity contribution is 0.545. The van der Waals surface area contributed by atoms with Crippen LogP contribution in [0.4, 0.5) is 11.6 Å². The van der Waals surface area contributed by atoms with E-state index in [0.717, 1.165) is 36.5 Å². The van der Waals surface area contributed by atoms with Gasteiger partial charge in [0.1, 0.15) is 17.5 Å². The SMILES string of the molecule is CCNc1cc(NCCCC(C)C)nc(C(C)(C)C)n1. The fraction of sp³-hybridized carbons (Fsp3) is 0.750. The topological polar surface area (TPSA) is 49.8 Å². The Balaban J connectivity index is 2.76. The molecule has 20 heavy (non-hydrogen) atoms. The number of aromatic nitrogens is 2. The van der Waals surface area contributed by atoms with Crippen LogP contribution in [0.25, 0.3) is 0 Å². The number of hydrogen-bond acceptors (Lipinski definition) is 4. The summed E-state index contributed by atoms with van der Waals surface area (Å²) in [6.45, 7) is 14.8. The van der Waals surface area contributed by atoms with E-state index in [-0.39, 0.29) is 5.41 Å². The van der Waals surface area contributed by atoms with Crippen LogP contribution in [0.3, 0.4) is 0 Å². The Morgan fingerprint density at radius 1 is 1.10 bits per heavy atom. The molecular formula is C16H30N4. The van der Waals surface area contributed by atoms with Crippen LogP contribution in [0.15, 0.2) is 6.07 Å². The van der Waals surface area contributed by atoms with Gasteiger partial charge in [-0.1, -0.05) is 34.6 Å². The molecule has 1 rings (SSSR count). The molecule has 1 aromatic rings. The van der Waals surface area contributed by atoms with Crippen LogP contribution in [-0.4, -0.2) is 23.1 Å². The molecule has 4 nitrogen and oxygen atoms in total. The highest BCUT2D eigenvalue weighted by Crippen LogP contribution is 2.22. The quantitative estimate of drug-likeness (QED) is 0.739. The second kappa shape index (κ2) is 7.46. The van der Waals surface area contributed by atoms with E-state index in [2.05, 4.69) is 62.1 Å². The van der Waals surface area contributed by atoms with Crippen LogP contribution in [0, 0.1) is 5.92 Å².